The van der Waals surface area contributed by atoms with Crippen LogP contribution in [-0.2, 0) is 9.59 Å². The van der Waals surface area contributed by atoms with E-state index < -0.39 is 4.92 Å². The minimum Gasteiger partial charge on any atom is -0.274 e. The molecule has 2 amide bonds. The number of hydrogen-bond acceptors (Lipinski definition) is 4. The fourth-order valence-corrected chi connectivity index (χ4v) is 5.31. The molecule has 1 aliphatic heterocycles. The summed E-state index contributed by atoms with van der Waals surface area (Å²) in [4.78, 5) is 37.7. The predicted octanol–water partition coefficient (Wildman–Crippen LogP) is 2.95. The lowest BCUT2D eigenvalue weighted by Gasteiger charge is -2.21. The summed E-state index contributed by atoms with van der Waals surface area (Å²) in [6.07, 6.45) is 6.27. The Labute approximate surface area is 142 Å². The highest BCUT2D eigenvalue weighted by Gasteiger charge is 2.73. The fourth-order valence-electron chi connectivity index (χ4n) is 5.15. The topological polar surface area (TPSA) is 80.5 Å². The van der Waals surface area contributed by atoms with Crippen LogP contribution in [0.5, 0.6) is 0 Å². The van der Waals surface area contributed by atoms with Gasteiger partial charge >= 0.3 is 0 Å². The number of nitro groups is 1. The van der Waals surface area contributed by atoms with Gasteiger partial charge in [-0.3, -0.25) is 19.7 Å². The molecule has 5 rings (SSSR count). The molecule has 0 unspecified atom stereocenters. The standard InChI is InChI=1S/C17H13ClN2O4/c18-8-1-4-11(12(7-8)20(23)24)19-15(21)13-9-2-3-10(14(13)16(19)22)17(9)5-6-17/h1-4,7,9-10,13-14H,5-6H2/t9-,10-,13+,14+/m1/s1. The third-order valence-electron chi connectivity index (χ3n) is 6.23. The van der Waals surface area contributed by atoms with Gasteiger partial charge in [0.1, 0.15) is 5.69 Å². The molecule has 1 aromatic carbocycles. The molecule has 2 bridgehead atoms. The highest BCUT2D eigenvalue weighted by atomic mass is 35.5. The maximum atomic E-state index is 13.0. The molecule has 1 heterocycles. The minimum atomic E-state index is -0.606. The van der Waals surface area contributed by atoms with E-state index in [9.17, 15) is 19.7 Å². The monoisotopic (exact) mass is 344 g/mol. The van der Waals surface area contributed by atoms with Crippen molar-refractivity contribution in [3.05, 3.63) is 45.5 Å². The Morgan fingerprint density at radius 3 is 2.21 bits per heavy atom. The SMILES string of the molecule is O=C1[C@@H]2[C@@H](C(=O)N1c1ccc(Cl)cc1[N+](=O)[O-])[C@H]1C=C[C@H]2C12CC2. The van der Waals surface area contributed by atoms with Gasteiger partial charge in [0.2, 0.25) is 11.8 Å². The number of nitrogens with zero attached hydrogens (tertiary/aromatic N) is 2. The average Bonchev–Trinajstić information content (AvgIpc) is 3.14. The van der Waals surface area contributed by atoms with Crippen LogP contribution in [0, 0.1) is 39.2 Å². The minimum absolute atomic E-state index is 0.0260. The van der Waals surface area contributed by atoms with Crippen LogP contribution in [0.2, 0.25) is 5.02 Å². The number of fused-ring (bicyclic) bond motifs is 3. The number of anilines is 1. The fraction of sp³-hybridized carbons (Fsp3) is 0.412. The zero-order chi connectivity index (χ0) is 16.8. The molecule has 1 aromatic rings. The van der Waals surface area contributed by atoms with E-state index in [2.05, 4.69) is 12.2 Å². The van der Waals surface area contributed by atoms with Gasteiger partial charge in [0.25, 0.3) is 5.69 Å². The highest BCUT2D eigenvalue weighted by molar-refractivity contribution is 6.31. The molecule has 6 nitrogen and oxygen atoms in total. The Balaban J connectivity index is 1.60. The molecular weight excluding hydrogens is 332 g/mol. The molecule has 3 aliphatic carbocycles. The van der Waals surface area contributed by atoms with Crippen LogP contribution >= 0.6 is 11.6 Å². The van der Waals surface area contributed by atoms with Crippen LogP contribution in [-0.4, -0.2) is 16.7 Å². The number of benzene rings is 1. The summed E-state index contributed by atoms with van der Waals surface area (Å²) in [5, 5.41) is 11.5. The second kappa shape index (κ2) is 4.25. The molecule has 0 radical (unpaired) electrons. The van der Waals surface area contributed by atoms with Crippen LogP contribution in [0.15, 0.2) is 30.4 Å². The van der Waals surface area contributed by atoms with Gasteiger partial charge in [-0.25, -0.2) is 4.90 Å². The number of amides is 2. The predicted molar refractivity (Wildman–Crippen MR) is 85.4 cm³/mol. The van der Waals surface area contributed by atoms with Crippen molar-refractivity contribution >= 4 is 34.8 Å². The van der Waals surface area contributed by atoms with Gasteiger partial charge in [-0.05, 0) is 42.2 Å². The van der Waals surface area contributed by atoms with Gasteiger partial charge in [0, 0.05) is 11.1 Å². The normalized spacial score (nSPS) is 34.3. The summed E-state index contributed by atoms with van der Waals surface area (Å²) in [7, 11) is 0. The van der Waals surface area contributed by atoms with Crippen molar-refractivity contribution in [2.45, 2.75) is 12.8 Å². The summed E-state index contributed by atoms with van der Waals surface area (Å²) in [6.45, 7) is 0. The van der Waals surface area contributed by atoms with Gasteiger partial charge < -0.3 is 0 Å². The second-order valence-corrected chi connectivity index (χ2v) is 7.56. The molecule has 122 valence electrons. The van der Waals surface area contributed by atoms with Gasteiger partial charge in [-0.15, -0.1) is 0 Å². The van der Waals surface area contributed by atoms with Crippen molar-refractivity contribution in [3.63, 3.8) is 0 Å². The maximum absolute atomic E-state index is 13.0. The van der Waals surface area contributed by atoms with E-state index in [4.69, 9.17) is 11.6 Å². The Kier molecular flexibility index (Phi) is 2.51. The first-order valence-electron chi connectivity index (χ1n) is 7.96. The van der Waals surface area contributed by atoms with Crippen LogP contribution in [0.1, 0.15) is 12.8 Å². The Morgan fingerprint density at radius 2 is 1.71 bits per heavy atom. The second-order valence-electron chi connectivity index (χ2n) is 7.12. The van der Waals surface area contributed by atoms with Crippen LogP contribution in [0.3, 0.4) is 0 Å². The zero-order valence-corrected chi connectivity index (χ0v) is 13.3. The summed E-state index contributed by atoms with van der Waals surface area (Å²) < 4.78 is 0. The molecule has 4 atom stereocenters. The molecule has 7 heteroatoms. The first-order chi connectivity index (χ1) is 11.5. The number of rotatable bonds is 2. The van der Waals surface area contributed by atoms with Gasteiger partial charge in [-0.1, -0.05) is 23.8 Å². The summed E-state index contributed by atoms with van der Waals surface area (Å²) in [6, 6.07) is 4.04. The molecule has 3 fully saturated rings. The number of allylic oxidation sites excluding steroid dienone is 2. The van der Waals surface area contributed by atoms with Crippen molar-refractivity contribution in [2.75, 3.05) is 4.90 Å². The quantitative estimate of drug-likeness (QED) is 0.357. The molecule has 1 saturated heterocycles. The summed E-state index contributed by atoms with van der Waals surface area (Å²) >= 11 is 5.84. The first kappa shape index (κ1) is 14.2. The van der Waals surface area contributed by atoms with E-state index in [1.807, 2.05) is 0 Å². The van der Waals surface area contributed by atoms with Gasteiger partial charge in [0.05, 0.1) is 16.8 Å². The smallest absolute Gasteiger partial charge is 0.274 e. The van der Waals surface area contributed by atoms with Gasteiger partial charge in [-0.2, -0.15) is 0 Å². The van der Waals surface area contributed by atoms with Crippen molar-refractivity contribution in [2.24, 2.45) is 29.1 Å². The number of imide groups is 1. The maximum Gasteiger partial charge on any atom is 0.294 e. The third-order valence-corrected chi connectivity index (χ3v) is 6.46. The molecular formula is C17H13ClN2O4. The van der Waals surface area contributed by atoms with Gasteiger partial charge in [0.15, 0.2) is 0 Å². The van der Waals surface area contributed by atoms with E-state index in [0.29, 0.717) is 0 Å². The highest BCUT2D eigenvalue weighted by Crippen LogP contribution is 2.73. The molecule has 0 N–H and O–H groups in total. The lowest BCUT2D eigenvalue weighted by Crippen LogP contribution is -2.35. The van der Waals surface area contributed by atoms with Crippen LogP contribution < -0.4 is 4.90 Å². The molecule has 4 aliphatic rings. The molecule has 0 aromatic heterocycles. The third kappa shape index (κ3) is 1.48. The van der Waals surface area contributed by atoms with E-state index in [0.717, 1.165) is 17.7 Å². The number of carbonyl (C=O) groups is 2. The Hall–Kier alpha value is -2.21. The largest absolute Gasteiger partial charge is 0.294 e. The number of hydrogen-bond donors (Lipinski definition) is 0. The van der Waals surface area contributed by atoms with Crippen molar-refractivity contribution in [1.29, 1.82) is 0 Å². The van der Waals surface area contributed by atoms with Crippen molar-refractivity contribution in [1.82, 2.24) is 0 Å². The number of halogens is 1. The zero-order valence-electron chi connectivity index (χ0n) is 12.5. The number of carbonyl (C=O) groups excluding carboxylic acids is 2. The Bertz CT molecular complexity index is 826. The van der Waals surface area contributed by atoms with E-state index >= 15 is 0 Å². The van der Waals surface area contributed by atoms with Crippen LogP contribution in [0.25, 0.3) is 0 Å². The van der Waals surface area contributed by atoms with E-state index in [1.165, 1.54) is 18.2 Å². The molecule has 2 saturated carbocycles. The summed E-state index contributed by atoms with van der Waals surface area (Å²) in [5.74, 6) is -1.16. The Morgan fingerprint density at radius 1 is 1.12 bits per heavy atom. The lowest BCUT2D eigenvalue weighted by molar-refractivity contribution is -0.384. The average molecular weight is 345 g/mol. The molecule has 24 heavy (non-hydrogen) atoms. The lowest BCUT2D eigenvalue weighted by atomic mass is 9.85. The first-order valence-corrected chi connectivity index (χ1v) is 8.33. The van der Waals surface area contributed by atoms with E-state index in [-0.39, 0.29) is 57.3 Å². The van der Waals surface area contributed by atoms with Crippen molar-refractivity contribution < 1.29 is 14.5 Å². The van der Waals surface area contributed by atoms with Crippen molar-refractivity contribution in [3.8, 4) is 0 Å². The van der Waals surface area contributed by atoms with Crippen LogP contribution in [0.4, 0.5) is 11.4 Å². The summed E-state index contributed by atoms with van der Waals surface area (Å²) in [5.41, 5.74) is -0.178. The van der Waals surface area contributed by atoms with E-state index in [1.54, 1.807) is 0 Å². The number of nitro benzene ring substituents is 1. The molecule has 1 spiro atoms.